The van der Waals surface area contributed by atoms with E-state index < -0.39 is 16.9 Å². The molecule has 0 spiro atoms. The molecule has 2 N–H and O–H groups in total. The summed E-state index contributed by atoms with van der Waals surface area (Å²) < 4.78 is 9.99. The number of benzene rings is 2. The fraction of sp³-hybridized carbons (Fsp3) is 0.0625. The molecule has 4 rings (SSSR count). The second-order valence-corrected chi connectivity index (χ2v) is 7.10. The zero-order chi connectivity index (χ0) is 19.9. The zero-order valence-electron chi connectivity index (χ0n) is 13.2. The Morgan fingerprint density at radius 2 is 1.52 bits per heavy atom. The van der Waals surface area contributed by atoms with Gasteiger partial charge in [-0.3, -0.25) is 10.1 Å². The van der Waals surface area contributed by atoms with Gasteiger partial charge in [-0.05, 0) is 50.1 Å². The molecule has 2 aliphatic heterocycles. The molecule has 0 aromatic heterocycles. The number of nitrogen functional groups attached to an aromatic ring is 1. The first kappa shape index (κ1) is 19.0. The molecule has 0 fully saturated rings. The second kappa shape index (κ2) is 7.08. The van der Waals surface area contributed by atoms with Gasteiger partial charge in [0.05, 0.1) is 26.1 Å². The standard InChI is InChI=1S/C8H2BrNO5.C8H6BrNO2/c9-5-1-3-4(2-6(5)10(13)14)8(12)15-7(3)11;9-6-2-5-4(1-7(6)10)3-12-8(5)11/h1-2H;1-2H,3,10H2. The van der Waals surface area contributed by atoms with Gasteiger partial charge in [0.25, 0.3) is 5.69 Å². The lowest BCUT2D eigenvalue weighted by Crippen LogP contribution is -1.97. The summed E-state index contributed by atoms with van der Waals surface area (Å²) >= 11 is 6.18. The largest absolute Gasteiger partial charge is 0.457 e. The van der Waals surface area contributed by atoms with Gasteiger partial charge in [-0.15, -0.1) is 0 Å². The molecule has 138 valence electrons. The molecule has 0 radical (unpaired) electrons. The van der Waals surface area contributed by atoms with Crippen LogP contribution < -0.4 is 5.73 Å². The lowest BCUT2D eigenvalue weighted by Gasteiger charge is -1.99. The Balaban J connectivity index is 0.000000159. The van der Waals surface area contributed by atoms with Gasteiger partial charge in [-0.25, -0.2) is 14.4 Å². The van der Waals surface area contributed by atoms with Crippen molar-refractivity contribution < 1.29 is 28.8 Å². The number of hydrogen-bond donors (Lipinski definition) is 1. The molecule has 0 aliphatic carbocycles. The van der Waals surface area contributed by atoms with Gasteiger partial charge in [-0.1, -0.05) is 0 Å². The number of nitro benzene ring substituents is 1. The summed E-state index contributed by atoms with van der Waals surface area (Å²) in [5.41, 5.74) is 7.41. The van der Waals surface area contributed by atoms with Crippen LogP contribution in [0.1, 0.15) is 36.6 Å². The molecular weight excluding hydrogens is 492 g/mol. The molecule has 0 unspecified atom stereocenters. The smallest absolute Gasteiger partial charge is 0.347 e. The Morgan fingerprint density at radius 1 is 0.926 bits per heavy atom. The first-order valence-electron chi connectivity index (χ1n) is 7.18. The fourth-order valence-electron chi connectivity index (χ4n) is 2.40. The number of halogens is 2. The van der Waals surface area contributed by atoms with Gasteiger partial charge in [-0.2, -0.15) is 0 Å². The summed E-state index contributed by atoms with van der Waals surface area (Å²) in [7, 11) is 0. The van der Waals surface area contributed by atoms with Crippen molar-refractivity contribution in [2.75, 3.05) is 5.73 Å². The van der Waals surface area contributed by atoms with E-state index >= 15 is 0 Å². The molecule has 2 aromatic carbocycles. The zero-order valence-corrected chi connectivity index (χ0v) is 16.3. The number of rotatable bonds is 1. The van der Waals surface area contributed by atoms with Crippen molar-refractivity contribution in [3.8, 4) is 0 Å². The van der Waals surface area contributed by atoms with Crippen molar-refractivity contribution in [1.82, 2.24) is 0 Å². The van der Waals surface area contributed by atoms with Crippen molar-refractivity contribution in [2.45, 2.75) is 6.61 Å². The Bertz CT molecular complexity index is 1040. The minimum atomic E-state index is -0.856. The van der Waals surface area contributed by atoms with Gasteiger partial charge in [0.1, 0.15) is 6.61 Å². The molecule has 0 bridgehead atoms. The molecular formula is C16H8Br2N2O7. The third-order valence-corrected chi connectivity index (χ3v) is 5.03. The average Bonchev–Trinajstić information content (AvgIpc) is 3.08. The second-order valence-electron chi connectivity index (χ2n) is 5.39. The van der Waals surface area contributed by atoms with E-state index in [1.807, 2.05) is 0 Å². The summed E-state index contributed by atoms with van der Waals surface area (Å²) in [6.07, 6.45) is 0. The molecule has 2 aromatic rings. The predicted molar refractivity (Wildman–Crippen MR) is 98.2 cm³/mol. The van der Waals surface area contributed by atoms with Crippen LogP contribution >= 0.6 is 31.9 Å². The maximum atomic E-state index is 11.1. The first-order chi connectivity index (χ1) is 12.7. The lowest BCUT2D eigenvalue weighted by atomic mass is 10.1. The number of nitrogens with zero attached hydrogens (tertiary/aromatic N) is 1. The molecule has 11 heteroatoms. The molecule has 0 saturated heterocycles. The van der Waals surface area contributed by atoms with Gasteiger partial charge < -0.3 is 15.2 Å². The van der Waals surface area contributed by atoms with E-state index in [0.29, 0.717) is 17.9 Å². The van der Waals surface area contributed by atoms with Crippen LogP contribution in [0.4, 0.5) is 11.4 Å². The monoisotopic (exact) mass is 498 g/mol. The van der Waals surface area contributed by atoms with Crippen molar-refractivity contribution in [1.29, 1.82) is 0 Å². The van der Waals surface area contributed by atoms with Crippen molar-refractivity contribution in [2.24, 2.45) is 0 Å². The molecule has 2 aliphatic rings. The maximum absolute atomic E-state index is 11.1. The third-order valence-electron chi connectivity index (χ3n) is 3.71. The number of fused-ring (bicyclic) bond motifs is 2. The van der Waals surface area contributed by atoms with Crippen LogP contribution in [0.5, 0.6) is 0 Å². The lowest BCUT2D eigenvalue weighted by molar-refractivity contribution is -0.385. The number of cyclic esters (lactones) is 3. The summed E-state index contributed by atoms with van der Waals surface area (Å²) in [6.45, 7) is 0.339. The van der Waals surface area contributed by atoms with Crippen LogP contribution in [0.2, 0.25) is 0 Å². The van der Waals surface area contributed by atoms with E-state index in [4.69, 9.17) is 10.5 Å². The van der Waals surface area contributed by atoms with Gasteiger partial charge >= 0.3 is 17.9 Å². The summed E-state index contributed by atoms with van der Waals surface area (Å²) in [5, 5.41) is 10.5. The SMILES string of the molecule is Nc1cc2c(cc1Br)C(=O)OC2.O=C1OC(=O)c2cc([N+](=O)[O-])c(Br)cc21. The Kier molecular flexibility index (Phi) is 4.98. The van der Waals surface area contributed by atoms with Crippen molar-refractivity contribution in [3.63, 3.8) is 0 Å². The van der Waals surface area contributed by atoms with E-state index in [0.717, 1.165) is 16.1 Å². The number of carbonyl (C=O) groups is 3. The summed E-state index contributed by atoms with van der Waals surface area (Å²) in [6, 6.07) is 5.68. The van der Waals surface area contributed by atoms with Crippen LogP contribution in [0.3, 0.4) is 0 Å². The number of carbonyl (C=O) groups excluding carboxylic acids is 3. The number of nitro groups is 1. The number of anilines is 1. The molecule has 2 heterocycles. The normalized spacial score (nSPS) is 13.9. The Morgan fingerprint density at radius 3 is 2.15 bits per heavy atom. The first-order valence-corrected chi connectivity index (χ1v) is 8.77. The quantitative estimate of drug-likeness (QED) is 0.207. The molecule has 9 nitrogen and oxygen atoms in total. The highest BCUT2D eigenvalue weighted by atomic mass is 79.9. The highest BCUT2D eigenvalue weighted by molar-refractivity contribution is 9.11. The van der Waals surface area contributed by atoms with Crippen LogP contribution in [0.15, 0.2) is 33.2 Å². The topological polar surface area (TPSA) is 139 Å². The summed E-state index contributed by atoms with van der Waals surface area (Å²) in [4.78, 5) is 43.1. The van der Waals surface area contributed by atoms with Crippen LogP contribution in [-0.4, -0.2) is 22.8 Å². The number of nitrogens with two attached hydrogens (primary N) is 1. The van der Waals surface area contributed by atoms with Crippen molar-refractivity contribution >= 4 is 61.1 Å². The Labute approximate surface area is 167 Å². The fourth-order valence-corrected chi connectivity index (χ4v) is 3.23. The van der Waals surface area contributed by atoms with Gasteiger partial charge in [0.2, 0.25) is 0 Å². The van der Waals surface area contributed by atoms with E-state index in [1.54, 1.807) is 12.1 Å². The minimum absolute atomic E-state index is 0.0393. The Hall–Kier alpha value is -2.79. The minimum Gasteiger partial charge on any atom is -0.457 e. The number of esters is 3. The third kappa shape index (κ3) is 3.55. The van der Waals surface area contributed by atoms with E-state index in [-0.39, 0.29) is 27.3 Å². The van der Waals surface area contributed by atoms with Gasteiger partial charge in [0, 0.05) is 21.8 Å². The maximum Gasteiger partial charge on any atom is 0.347 e. The van der Waals surface area contributed by atoms with E-state index in [9.17, 15) is 24.5 Å². The summed E-state index contributed by atoms with van der Waals surface area (Å²) in [5.74, 6) is -1.91. The van der Waals surface area contributed by atoms with Crippen molar-refractivity contribution in [3.05, 3.63) is 65.6 Å². The van der Waals surface area contributed by atoms with E-state index in [1.165, 1.54) is 6.07 Å². The van der Waals surface area contributed by atoms with Crippen LogP contribution in [0, 0.1) is 10.1 Å². The number of ether oxygens (including phenoxy) is 2. The van der Waals surface area contributed by atoms with Gasteiger partial charge in [0.15, 0.2) is 0 Å². The molecule has 0 saturated carbocycles. The average molecular weight is 500 g/mol. The predicted octanol–water partition coefficient (Wildman–Crippen LogP) is 3.37. The van der Waals surface area contributed by atoms with Crippen LogP contribution in [0.25, 0.3) is 0 Å². The van der Waals surface area contributed by atoms with E-state index in [2.05, 4.69) is 36.6 Å². The highest BCUT2D eigenvalue weighted by Crippen LogP contribution is 2.32. The van der Waals surface area contributed by atoms with Crippen LogP contribution in [-0.2, 0) is 16.1 Å². The molecule has 0 atom stereocenters. The number of hydrogen-bond acceptors (Lipinski definition) is 8. The highest BCUT2D eigenvalue weighted by Gasteiger charge is 2.33. The molecule has 27 heavy (non-hydrogen) atoms. The molecule has 0 amide bonds.